The van der Waals surface area contributed by atoms with E-state index in [-0.39, 0.29) is 0 Å². The summed E-state index contributed by atoms with van der Waals surface area (Å²) in [5, 5.41) is 1.20. The van der Waals surface area contributed by atoms with Crippen LogP contribution in [0.2, 0.25) is 0 Å². The summed E-state index contributed by atoms with van der Waals surface area (Å²) in [5.41, 5.74) is 2.89. The van der Waals surface area contributed by atoms with E-state index in [1.165, 1.54) is 18.2 Å². The molecule has 1 saturated carbocycles. The Bertz CT molecular complexity index is 760. The van der Waals surface area contributed by atoms with Gasteiger partial charge in [-0.15, -0.1) is 0 Å². The van der Waals surface area contributed by atoms with Crippen molar-refractivity contribution in [3.63, 3.8) is 0 Å². The molecule has 2 aliphatic rings. The van der Waals surface area contributed by atoms with E-state index in [1.54, 1.807) is 0 Å². The van der Waals surface area contributed by atoms with E-state index < -0.39 is 0 Å². The van der Waals surface area contributed by atoms with E-state index in [0.29, 0.717) is 29.2 Å². The van der Waals surface area contributed by atoms with Gasteiger partial charge in [-0.3, -0.25) is 4.79 Å². The van der Waals surface area contributed by atoms with Crippen LogP contribution in [0.15, 0.2) is 30.5 Å². The summed E-state index contributed by atoms with van der Waals surface area (Å²) in [4.78, 5) is 18.3. The van der Waals surface area contributed by atoms with Crippen LogP contribution in [-0.4, -0.2) is 28.4 Å². The standard InChI is InChI=1S/C20H26N2O/c1-19(2)10-16-11-20(3,12-19)13-22(16)18(23)9-14-4-5-15-6-7-21-17(15)8-14/h4-8,16,21H,9-13H2,1-3H3. The van der Waals surface area contributed by atoms with Crippen LogP contribution in [0.25, 0.3) is 10.9 Å². The molecule has 2 atom stereocenters. The lowest BCUT2D eigenvalue weighted by Crippen LogP contribution is -2.38. The Kier molecular flexibility index (Phi) is 3.13. The Morgan fingerprint density at radius 1 is 1.26 bits per heavy atom. The number of likely N-dealkylation sites (tertiary alicyclic amines) is 1. The molecule has 1 aromatic carbocycles. The highest BCUT2D eigenvalue weighted by Crippen LogP contribution is 2.52. The van der Waals surface area contributed by atoms with Crippen LogP contribution < -0.4 is 0 Å². The van der Waals surface area contributed by atoms with Gasteiger partial charge in [-0.05, 0) is 53.2 Å². The molecule has 23 heavy (non-hydrogen) atoms. The average Bonchev–Trinajstić information content (AvgIpc) is 2.99. The van der Waals surface area contributed by atoms with Gasteiger partial charge in [0.25, 0.3) is 0 Å². The molecule has 3 heteroatoms. The highest BCUT2D eigenvalue weighted by molar-refractivity contribution is 5.83. The molecule has 2 aromatic rings. The van der Waals surface area contributed by atoms with Crippen LogP contribution in [-0.2, 0) is 11.2 Å². The number of fused-ring (bicyclic) bond motifs is 3. The van der Waals surface area contributed by atoms with Crippen molar-refractivity contribution in [1.29, 1.82) is 0 Å². The van der Waals surface area contributed by atoms with E-state index in [1.807, 2.05) is 6.20 Å². The van der Waals surface area contributed by atoms with Crippen molar-refractivity contribution in [2.75, 3.05) is 6.54 Å². The lowest BCUT2D eigenvalue weighted by atomic mass is 9.65. The zero-order valence-electron chi connectivity index (χ0n) is 14.4. The molecular formula is C20H26N2O. The fourth-order valence-electron chi connectivity index (χ4n) is 5.23. The predicted octanol–water partition coefficient (Wildman–Crippen LogP) is 4.14. The zero-order chi connectivity index (χ0) is 16.2. The molecule has 1 saturated heterocycles. The largest absolute Gasteiger partial charge is 0.361 e. The number of carbonyl (C=O) groups is 1. The summed E-state index contributed by atoms with van der Waals surface area (Å²) < 4.78 is 0. The molecule has 1 aliphatic heterocycles. The van der Waals surface area contributed by atoms with E-state index in [0.717, 1.165) is 24.0 Å². The molecule has 122 valence electrons. The number of hydrogen-bond donors (Lipinski definition) is 1. The second kappa shape index (κ2) is 4.86. The SMILES string of the molecule is CC1(C)CC2CC(C)(CN2C(=O)Cc2ccc3cc[nH]c3c2)C1. The Hall–Kier alpha value is -1.77. The van der Waals surface area contributed by atoms with Gasteiger partial charge in [0.15, 0.2) is 0 Å². The van der Waals surface area contributed by atoms with Crippen LogP contribution in [0.5, 0.6) is 0 Å². The van der Waals surface area contributed by atoms with Crippen molar-refractivity contribution in [2.45, 2.75) is 52.5 Å². The number of hydrogen-bond acceptors (Lipinski definition) is 1. The third-order valence-corrected chi connectivity index (χ3v) is 5.71. The van der Waals surface area contributed by atoms with Crippen molar-refractivity contribution in [3.8, 4) is 0 Å². The van der Waals surface area contributed by atoms with Gasteiger partial charge in [0, 0.05) is 24.3 Å². The molecule has 2 fully saturated rings. The summed E-state index contributed by atoms with van der Waals surface area (Å²) in [5.74, 6) is 0.294. The Morgan fingerprint density at radius 2 is 2.09 bits per heavy atom. The summed E-state index contributed by atoms with van der Waals surface area (Å²) >= 11 is 0. The molecule has 1 N–H and O–H groups in total. The second-order valence-corrected chi connectivity index (χ2v) is 8.81. The third-order valence-electron chi connectivity index (χ3n) is 5.71. The quantitative estimate of drug-likeness (QED) is 0.889. The monoisotopic (exact) mass is 310 g/mol. The number of amides is 1. The van der Waals surface area contributed by atoms with Crippen LogP contribution >= 0.6 is 0 Å². The normalized spacial score (nSPS) is 29.2. The molecule has 1 aliphatic carbocycles. The number of nitrogens with zero attached hydrogens (tertiary/aromatic N) is 1. The molecule has 2 heterocycles. The Balaban J connectivity index is 1.53. The lowest BCUT2D eigenvalue weighted by Gasteiger charge is -2.39. The van der Waals surface area contributed by atoms with Gasteiger partial charge in [0.1, 0.15) is 0 Å². The number of benzene rings is 1. The highest BCUT2D eigenvalue weighted by Gasteiger charge is 2.50. The fourth-order valence-corrected chi connectivity index (χ4v) is 5.23. The van der Waals surface area contributed by atoms with Crippen LogP contribution in [0.4, 0.5) is 0 Å². The van der Waals surface area contributed by atoms with Crippen LogP contribution in [0.1, 0.15) is 45.6 Å². The first-order valence-corrected chi connectivity index (χ1v) is 8.69. The van der Waals surface area contributed by atoms with Crippen molar-refractivity contribution >= 4 is 16.8 Å². The maximum atomic E-state index is 12.9. The Labute approximate surface area is 138 Å². The van der Waals surface area contributed by atoms with Crippen molar-refractivity contribution in [2.24, 2.45) is 10.8 Å². The minimum absolute atomic E-state index is 0.294. The molecular weight excluding hydrogens is 284 g/mol. The molecule has 0 radical (unpaired) electrons. The number of aromatic amines is 1. The molecule has 0 spiro atoms. The van der Waals surface area contributed by atoms with Crippen molar-refractivity contribution < 1.29 is 4.79 Å². The minimum Gasteiger partial charge on any atom is -0.361 e. The van der Waals surface area contributed by atoms with Crippen molar-refractivity contribution in [1.82, 2.24) is 9.88 Å². The molecule has 3 nitrogen and oxygen atoms in total. The number of rotatable bonds is 2. The first-order valence-electron chi connectivity index (χ1n) is 8.69. The van der Waals surface area contributed by atoms with Gasteiger partial charge < -0.3 is 9.88 Å². The first kappa shape index (κ1) is 14.8. The number of nitrogens with one attached hydrogen (secondary N) is 1. The maximum absolute atomic E-state index is 12.9. The van der Waals surface area contributed by atoms with Crippen LogP contribution in [0.3, 0.4) is 0 Å². The molecule has 1 aromatic heterocycles. The van der Waals surface area contributed by atoms with E-state index in [9.17, 15) is 4.79 Å². The number of carbonyl (C=O) groups excluding carboxylic acids is 1. The minimum atomic E-state index is 0.294. The number of H-pyrrole nitrogens is 1. The highest BCUT2D eigenvalue weighted by atomic mass is 16.2. The van der Waals surface area contributed by atoms with Gasteiger partial charge >= 0.3 is 0 Å². The summed E-state index contributed by atoms with van der Waals surface area (Å²) in [6, 6.07) is 8.79. The van der Waals surface area contributed by atoms with Gasteiger partial charge in [-0.1, -0.05) is 32.9 Å². The van der Waals surface area contributed by atoms with Gasteiger partial charge in [-0.2, -0.15) is 0 Å². The molecule has 2 unspecified atom stereocenters. The smallest absolute Gasteiger partial charge is 0.227 e. The van der Waals surface area contributed by atoms with Gasteiger partial charge in [0.2, 0.25) is 5.91 Å². The first-order chi connectivity index (χ1) is 10.8. The van der Waals surface area contributed by atoms with E-state index >= 15 is 0 Å². The summed E-state index contributed by atoms with van der Waals surface area (Å²) in [7, 11) is 0. The molecule has 2 bridgehead atoms. The molecule has 4 rings (SSSR count). The third kappa shape index (κ3) is 2.66. The van der Waals surface area contributed by atoms with Crippen molar-refractivity contribution in [3.05, 3.63) is 36.0 Å². The second-order valence-electron chi connectivity index (χ2n) is 8.81. The lowest BCUT2D eigenvalue weighted by molar-refractivity contribution is -0.131. The maximum Gasteiger partial charge on any atom is 0.227 e. The summed E-state index contributed by atoms with van der Waals surface area (Å²) in [6.07, 6.45) is 6.02. The zero-order valence-corrected chi connectivity index (χ0v) is 14.4. The average molecular weight is 310 g/mol. The predicted molar refractivity (Wildman–Crippen MR) is 93.2 cm³/mol. The fraction of sp³-hybridized carbons (Fsp3) is 0.550. The summed E-state index contributed by atoms with van der Waals surface area (Å²) in [6.45, 7) is 8.00. The van der Waals surface area contributed by atoms with E-state index in [2.05, 4.69) is 54.9 Å². The van der Waals surface area contributed by atoms with E-state index in [4.69, 9.17) is 0 Å². The van der Waals surface area contributed by atoms with Crippen LogP contribution in [0, 0.1) is 10.8 Å². The van der Waals surface area contributed by atoms with Gasteiger partial charge in [0.05, 0.1) is 6.42 Å². The number of aromatic nitrogens is 1. The topological polar surface area (TPSA) is 36.1 Å². The Morgan fingerprint density at radius 3 is 2.91 bits per heavy atom. The van der Waals surface area contributed by atoms with Gasteiger partial charge in [-0.25, -0.2) is 0 Å². The molecule has 1 amide bonds.